The molecule has 1 N–H and O–H groups in total. The summed E-state index contributed by atoms with van der Waals surface area (Å²) in [6.45, 7) is 4.26. The molecule has 2 aromatic carbocycles. The fourth-order valence-corrected chi connectivity index (χ4v) is 6.06. The first-order valence-electron chi connectivity index (χ1n) is 11.4. The summed E-state index contributed by atoms with van der Waals surface area (Å²) in [5, 5.41) is 2.82. The molecule has 1 aliphatic rings. The van der Waals surface area contributed by atoms with Crippen LogP contribution in [0.4, 0.5) is 5.69 Å². The Hall–Kier alpha value is -3.17. The highest BCUT2D eigenvalue weighted by Gasteiger charge is 2.32. The van der Waals surface area contributed by atoms with E-state index in [1.807, 2.05) is 61.5 Å². The summed E-state index contributed by atoms with van der Waals surface area (Å²) < 4.78 is 30.5. The fourth-order valence-electron chi connectivity index (χ4n) is 4.39. The highest BCUT2D eigenvalue weighted by atomic mass is 32.2. The Morgan fingerprint density at radius 2 is 1.62 bits per heavy atom. The molecular formula is C25H30N4O4S. The van der Waals surface area contributed by atoms with Crippen molar-refractivity contribution in [2.45, 2.75) is 32.4 Å². The quantitative estimate of drug-likeness (QED) is 0.585. The first kappa shape index (κ1) is 24.0. The van der Waals surface area contributed by atoms with Gasteiger partial charge in [0.2, 0.25) is 15.9 Å². The molecule has 34 heavy (non-hydrogen) atoms. The second-order valence-electron chi connectivity index (χ2n) is 8.78. The Balaban J connectivity index is 1.43. The van der Waals surface area contributed by atoms with Crippen molar-refractivity contribution in [3.05, 3.63) is 81.8 Å². The maximum absolute atomic E-state index is 13.1. The van der Waals surface area contributed by atoms with E-state index >= 15 is 0 Å². The third-order valence-electron chi connectivity index (χ3n) is 6.62. The molecule has 1 amide bonds. The lowest BCUT2D eigenvalue weighted by Crippen LogP contribution is -2.42. The molecule has 1 saturated heterocycles. The van der Waals surface area contributed by atoms with Crippen molar-refractivity contribution in [2.75, 3.05) is 18.4 Å². The number of para-hydroxylation sites is 1. The van der Waals surface area contributed by atoms with Crippen molar-refractivity contribution < 1.29 is 13.2 Å². The summed E-state index contributed by atoms with van der Waals surface area (Å²) in [7, 11) is -1.69. The summed E-state index contributed by atoms with van der Waals surface area (Å²) in [5.41, 5.74) is 3.06. The summed E-state index contributed by atoms with van der Waals surface area (Å²) in [6.07, 6.45) is 0.829. The topological polar surface area (TPSA) is 93.4 Å². The second kappa shape index (κ2) is 9.60. The van der Waals surface area contributed by atoms with E-state index in [9.17, 15) is 18.0 Å². The van der Waals surface area contributed by atoms with Crippen LogP contribution in [0, 0.1) is 19.8 Å². The number of aromatic nitrogens is 2. The van der Waals surface area contributed by atoms with Gasteiger partial charge in [-0.3, -0.25) is 14.3 Å². The summed E-state index contributed by atoms with van der Waals surface area (Å²) in [4.78, 5) is 26.0. The van der Waals surface area contributed by atoms with Gasteiger partial charge in [0.25, 0.3) is 5.56 Å². The number of nitrogens with one attached hydrogen (secondary N) is 1. The fraction of sp³-hybridized carbons (Fsp3) is 0.360. The van der Waals surface area contributed by atoms with Crippen LogP contribution in [-0.2, 0) is 27.6 Å². The number of piperidine rings is 1. The summed E-state index contributed by atoms with van der Waals surface area (Å²) >= 11 is 0. The van der Waals surface area contributed by atoms with Crippen molar-refractivity contribution in [3.8, 4) is 5.69 Å². The van der Waals surface area contributed by atoms with Crippen molar-refractivity contribution in [1.82, 2.24) is 13.7 Å². The molecule has 0 radical (unpaired) electrons. The van der Waals surface area contributed by atoms with Gasteiger partial charge in [-0.2, -0.15) is 0 Å². The van der Waals surface area contributed by atoms with Crippen molar-refractivity contribution in [1.29, 1.82) is 0 Å². The van der Waals surface area contributed by atoms with E-state index < -0.39 is 10.0 Å². The van der Waals surface area contributed by atoms with Crippen LogP contribution in [-0.4, -0.2) is 41.1 Å². The summed E-state index contributed by atoms with van der Waals surface area (Å²) in [5.74, 6) is -0.644. The molecule has 0 saturated carbocycles. The lowest BCUT2D eigenvalue weighted by molar-refractivity contribution is -0.120. The molecule has 0 unspecified atom stereocenters. The second-order valence-corrected chi connectivity index (χ2v) is 10.8. The van der Waals surface area contributed by atoms with Crippen LogP contribution in [0.3, 0.4) is 0 Å². The molecule has 180 valence electrons. The number of hydrogen-bond acceptors (Lipinski definition) is 4. The molecule has 1 aliphatic heterocycles. The van der Waals surface area contributed by atoms with E-state index in [1.165, 1.54) is 8.99 Å². The van der Waals surface area contributed by atoms with Gasteiger partial charge >= 0.3 is 0 Å². The van der Waals surface area contributed by atoms with Crippen molar-refractivity contribution in [2.24, 2.45) is 13.0 Å². The molecule has 9 heteroatoms. The van der Waals surface area contributed by atoms with Crippen molar-refractivity contribution in [3.63, 3.8) is 0 Å². The molecule has 4 rings (SSSR count). The number of carbonyl (C=O) groups is 1. The lowest BCUT2D eigenvalue weighted by atomic mass is 9.97. The maximum Gasteiger partial charge on any atom is 0.295 e. The van der Waals surface area contributed by atoms with Gasteiger partial charge in [-0.05, 0) is 49.9 Å². The zero-order chi connectivity index (χ0) is 24.5. The van der Waals surface area contributed by atoms with E-state index in [0.717, 1.165) is 11.1 Å². The van der Waals surface area contributed by atoms with E-state index in [2.05, 4.69) is 5.32 Å². The Kier molecular flexibility index (Phi) is 6.77. The van der Waals surface area contributed by atoms with E-state index in [0.29, 0.717) is 24.2 Å². The number of sulfonamides is 1. The minimum absolute atomic E-state index is 0.0429. The smallest absolute Gasteiger partial charge is 0.295 e. The first-order valence-corrected chi connectivity index (χ1v) is 13.0. The van der Waals surface area contributed by atoms with Crippen LogP contribution < -0.4 is 10.9 Å². The molecular weight excluding hydrogens is 452 g/mol. The van der Waals surface area contributed by atoms with E-state index in [1.54, 1.807) is 18.7 Å². The van der Waals surface area contributed by atoms with Crippen LogP contribution in [0.5, 0.6) is 0 Å². The van der Waals surface area contributed by atoms with Gasteiger partial charge in [-0.1, -0.05) is 42.5 Å². The number of benzene rings is 2. The average Bonchev–Trinajstić information content (AvgIpc) is 3.04. The molecule has 0 atom stereocenters. The molecule has 1 aromatic heterocycles. The molecule has 0 aliphatic carbocycles. The molecule has 0 spiro atoms. The standard InChI is InChI=1S/C25H30N4O4S/c1-18-9-7-8-10-21(18)17-34(32,33)28-15-13-20(14-16-28)24(30)26-23-19(2)27(3)29(25(23)31)22-11-5-4-6-12-22/h4-12,20H,13-17H2,1-3H3,(H,26,30). The number of nitrogens with zero attached hydrogens (tertiary/aromatic N) is 3. The van der Waals surface area contributed by atoms with Gasteiger partial charge in [-0.25, -0.2) is 17.4 Å². The van der Waals surface area contributed by atoms with E-state index in [-0.39, 0.29) is 41.9 Å². The lowest BCUT2D eigenvalue weighted by Gasteiger charge is -2.30. The molecule has 0 bridgehead atoms. The largest absolute Gasteiger partial charge is 0.320 e. The van der Waals surface area contributed by atoms with Gasteiger partial charge in [0.05, 0.1) is 17.1 Å². The highest BCUT2D eigenvalue weighted by molar-refractivity contribution is 7.88. The third kappa shape index (κ3) is 4.71. The number of carbonyl (C=O) groups excluding carboxylic acids is 1. The van der Waals surface area contributed by atoms with Crippen molar-refractivity contribution >= 4 is 21.6 Å². The Morgan fingerprint density at radius 1 is 1.00 bits per heavy atom. The maximum atomic E-state index is 13.1. The number of hydrogen-bond donors (Lipinski definition) is 1. The Bertz CT molecular complexity index is 1350. The van der Waals surface area contributed by atoms with E-state index in [4.69, 9.17) is 0 Å². The minimum atomic E-state index is -3.47. The third-order valence-corrected chi connectivity index (χ3v) is 8.45. The summed E-state index contributed by atoms with van der Waals surface area (Å²) in [6, 6.07) is 16.7. The minimum Gasteiger partial charge on any atom is -0.320 e. The van der Waals surface area contributed by atoms with Crippen LogP contribution in [0.2, 0.25) is 0 Å². The Labute approximate surface area is 199 Å². The molecule has 8 nitrogen and oxygen atoms in total. The van der Waals surface area contributed by atoms with Gasteiger partial charge in [0, 0.05) is 26.1 Å². The SMILES string of the molecule is Cc1ccccc1CS(=O)(=O)N1CCC(C(=O)Nc2c(C)n(C)n(-c3ccccc3)c2=O)CC1. The normalized spacial score (nSPS) is 15.4. The molecule has 2 heterocycles. The van der Waals surface area contributed by atoms with Crippen LogP contribution >= 0.6 is 0 Å². The van der Waals surface area contributed by atoms with Crippen LogP contribution in [0.25, 0.3) is 5.69 Å². The number of rotatable bonds is 6. The predicted octanol–water partition coefficient (Wildman–Crippen LogP) is 2.97. The highest BCUT2D eigenvalue weighted by Crippen LogP contribution is 2.24. The van der Waals surface area contributed by atoms with Gasteiger partial charge in [0.1, 0.15) is 5.69 Å². The number of anilines is 1. The van der Waals surface area contributed by atoms with Crippen LogP contribution in [0.15, 0.2) is 59.4 Å². The average molecular weight is 483 g/mol. The number of amides is 1. The predicted molar refractivity (Wildman–Crippen MR) is 132 cm³/mol. The van der Waals surface area contributed by atoms with Gasteiger partial charge in [-0.15, -0.1) is 0 Å². The van der Waals surface area contributed by atoms with Crippen LogP contribution in [0.1, 0.15) is 29.7 Å². The van der Waals surface area contributed by atoms with Gasteiger partial charge < -0.3 is 5.32 Å². The monoisotopic (exact) mass is 482 g/mol. The zero-order valence-electron chi connectivity index (χ0n) is 19.7. The molecule has 3 aromatic rings. The first-order chi connectivity index (χ1) is 16.2. The van der Waals surface area contributed by atoms with Gasteiger partial charge in [0.15, 0.2) is 0 Å². The number of aryl methyl sites for hydroxylation is 1. The zero-order valence-corrected chi connectivity index (χ0v) is 20.5. The Morgan fingerprint density at radius 3 is 2.26 bits per heavy atom. The molecule has 1 fully saturated rings.